The summed E-state index contributed by atoms with van der Waals surface area (Å²) in [5.74, 6) is -0.815. The van der Waals surface area contributed by atoms with Crippen LogP contribution in [0.4, 0.5) is 5.82 Å². The van der Waals surface area contributed by atoms with Crippen LogP contribution in [0.25, 0.3) is 0 Å². The number of carbonyl (C=O) groups is 2. The highest BCUT2D eigenvalue weighted by molar-refractivity contribution is 6.04. The average Bonchev–Trinajstić information content (AvgIpc) is 2.67. The molecule has 0 aliphatic carbocycles. The molecule has 0 atom stereocenters. The Morgan fingerprint density at radius 3 is 2.54 bits per heavy atom. The second kappa shape index (κ2) is 7.84. The molecule has 0 saturated carbocycles. The Hall–Kier alpha value is -3.81. The zero-order valence-corrected chi connectivity index (χ0v) is 13.6. The molecule has 3 aromatic rings. The summed E-state index contributed by atoms with van der Waals surface area (Å²) in [6.45, 7) is 0.246. The van der Waals surface area contributed by atoms with E-state index in [0.29, 0.717) is 5.69 Å². The summed E-state index contributed by atoms with van der Waals surface area (Å²) in [6, 6.07) is 11.3. The molecule has 3 rings (SSSR count). The van der Waals surface area contributed by atoms with Crippen molar-refractivity contribution in [3.05, 3.63) is 78.0 Å². The number of carbonyl (C=O) groups excluding carboxylic acids is 2. The van der Waals surface area contributed by atoms with E-state index in [4.69, 9.17) is 0 Å². The molecule has 8 nitrogen and oxygen atoms in total. The number of aromatic nitrogens is 3. The monoisotopic (exact) mass is 349 g/mol. The second-order valence-electron chi connectivity index (χ2n) is 5.27. The zero-order chi connectivity index (χ0) is 18.4. The lowest BCUT2D eigenvalue weighted by molar-refractivity contribution is 0.0945. The fourth-order valence-corrected chi connectivity index (χ4v) is 2.17. The highest BCUT2D eigenvalue weighted by atomic mass is 16.3. The van der Waals surface area contributed by atoms with Crippen LogP contribution in [-0.4, -0.2) is 31.9 Å². The van der Waals surface area contributed by atoms with Crippen LogP contribution in [0, 0.1) is 0 Å². The first-order chi connectivity index (χ1) is 12.6. The maximum Gasteiger partial charge on any atom is 0.279 e. The molecule has 0 spiro atoms. The van der Waals surface area contributed by atoms with Crippen LogP contribution >= 0.6 is 0 Å². The Morgan fingerprint density at radius 1 is 0.923 bits per heavy atom. The summed E-state index contributed by atoms with van der Waals surface area (Å²) in [5.41, 5.74) is 0.966. The first-order valence-electron chi connectivity index (χ1n) is 7.73. The molecule has 0 bridgehead atoms. The van der Waals surface area contributed by atoms with Gasteiger partial charge in [0.25, 0.3) is 11.8 Å². The van der Waals surface area contributed by atoms with Crippen molar-refractivity contribution < 1.29 is 14.7 Å². The summed E-state index contributed by atoms with van der Waals surface area (Å²) in [6.07, 6.45) is 4.46. The van der Waals surface area contributed by atoms with E-state index in [1.54, 1.807) is 36.5 Å². The molecule has 0 radical (unpaired) electrons. The molecule has 26 heavy (non-hydrogen) atoms. The Kier molecular flexibility index (Phi) is 5.14. The van der Waals surface area contributed by atoms with Gasteiger partial charge < -0.3 is 15.7 Å². The van der Waals surface area contributed by atoms with E-state index in [-0.39, 0.29) is 29.7 Å². The Labute approximate surface area is 149 Å². The normalized spacial score (nSPS) is 10.2. The maximum absolute atomic E-state index is 12.1. The number of amides is 2. The van der Waals surface area contributed by atoms with Gasteiger partial charge in [0.1, 0.15) is 17.3 Å². The summed E-state index contributed by atoms with van der Waals surface area (Å²) >= 11 is 0. The maximum atomic E-state index is 12.1. The van der Waals surface area contributed by atoms with Crippen LogP contribution in [0.15, 0.2) is 61.1 Å². The van der Waals surface area contributed by atoms with Crippen molar-refractivity contribution in [3.63, 3.8) is 0 Å². The van der Waals surface area contributed by atoms with Crippen molar-refractivity contribution in [3.8, 4) is 5.75 Å². The standard InChI is InChI=1S/C18H15N5O3/c24-14-5-3-8-21-16(14)18(26)23-15-10-12(6-9-20-15)11-22-17(25)13-4-1-2-7-19-13/h1-10,24H,11H2,(H,22,25)(H,20,23,26). The van der Waals surface area contributed by atoms with E-state index in [0.717, 1.165) is 5.56 Å². The van der Waals surface area contributed by atoms with E-state index in [1.807, 2.05) is 0 Å². The van der Waals surface area contributed by atoms with E-state index < -0.39 is 5.91 Å². The largest absolute Gasteiger partial charge is 0.505 e. The SMILES string of the molecule is O=C(NCc1ccnc(NC(=O)c2ncccc2O)c1)c1ccccn1. The van der Waals surface area contributed by atoms with Gasteiger partial charge in [-0.05, 0) is 42.0 Å². The molecule has 3 aromatic heterocycles. The number of anilines is 1. The minimum Gasteiger partial charge on any atom is -0.505 e. The molecule has 0 aliphatic rings. The van der Waals surface area contributed by atoms with Crippen LogP contribution < -0.4 is 10.6 Å². The van der Waals surface area contributed by atoms with Gasteiger partial charge in [-0.2, -0.15) is 0 Å². The smallest absolute Gasteiger partial charge is 0.279 e. The van der Waals surface area contributed by atoms with Gasteiger partial charge in [-0.1, -0.05) is 6.07 Å². The second-order valence-corrected chi connectivity index (χ2v) is 5.27. The topological polar surface area (TPSA) is 117 Å². The van der Waals surface area contributed by atoms with Gasteiger partial charge in [-0.15, -0.1) is 0 Å². The number of nitrogens with zero attached hydrogens (tertiary/aromatic N) is 3. The van der Waals surface area contributed by atoms with Crippen LogP contribution in [0.5, 0.6) is 5.75 Å². The molecule has 0 unspecified atom stereocenters. The quantitative estimate of drug-likeness (QED) is 0.646. The van der Waals surface area contributed by atoms with Gasteiger partial charge in [-0.3, -0.25) is 14.6 Å². The lowest BCUT2D eigenvalue weighted by atomic mass is 10.2. The highest BCUT2D eigenvalue weighted by Crippen LogP contribution is 2.15. The molecular formula is C18H15N5O3. The van der Waals surface area contributed by atoms with Crippen LogP contribution in [-0.2, 0) is 6.54 Å². The zero-order valence-electron chi connectivity index (χ0n) is 13.6. The highest BCUT2D eigenvalue weighted by Gasteiger charge is 2.13. The van der Waals surface area contributed by atoms with Crippen molar-refractivity contribution in [1.82, 2.24) is 20.3 Å². The predicted octanol–water partition coefficient (Wildman–Crippen LogP) is 1.76. The van der Waals surface area contributed by atoms with Crippen LogP contribution in [0.2, 0.25) is 0 Å². The predicted molar refractivity (Wildman–Crippen MR) is 93.5 cm³/mol. The number of hydrogen-bond acceptors (Lipinski definition) is 6. The summed E-state index contributed by atoms with van der Waals surface area (Å²) in [7, 11) is 0. The van der Waals surface area contributed by atoms with E-state index in [1.165, 1.54) is 24.5 Å². The third kappa shape index (κ3) is 4.18. The number of hydrogen-bond donors (Lipinski definition) is 3. The molecule has 0 saturated heterocycles. The molecule has 3 N–H and O–H groups in total. The molecule has 8 heteroatoms. The Balaban J connectivity index is 1.64. The fourth-order valence-electron chi connectivity index (χ4n) is 2.17. The Morgan fingerprint density at radius 2 is 1.77 bits per heavy atom. The van der Waals surface area contributed by atoms with Crippen molar-refractivity contribution in [2.45, 2.75) is 6.54 Å². The molecular weight excluding hydrogens is 334 g/mol. The summed E-state index contributed by atoms with van der Waals surface area (Å²) < 4.78 is 0. The lowest BCUT2D eigenvalue weighted by Gasteiger charge is -2.08. The Bertz CT molecular complexity index is 931. The van der Waals surface area contributed by atoms with Crippen molar-refractivity contribution in [2.24, 2.45) is 0 Å². The van der Waals surface area contributed by atoms with E-state index in [9.17, 15) is 14.7 Å². The first-order valence-corrected chi connectivity index (χ1v) is 7.73. The average molecular weight is 349 g/mol. The third-order valence-electron chi connectivity index (χ3n) is 3.42. The van der Waals surface area contributed by atoms with Gasteiger partial charge in [0, 0.05) is 25.1 Å². The molecule has 130 valence electrons. The molecule has 2 amide bonds. The van der Waals surface area contributed by atoms with Crippen LogP contribution in [0.1, 0.15) is 26.5 Å². The minimum atomic E-state index is -0.578. The minimum absolute atomic E-state index is 0.0943. The summed E-state index contributed by atoms with van der Waals surface area (Å²) in [5, 5.41) is 15.0. The van der Waals surface area contributed by atoms with Crippen molar-refractivity contribution in [1.29, 1.82) is 0 Å². The number of pyridine rings is 3. The molecule has 0 aromatic carbocycles. The van der Waals surface area contributed by atoms with E-state index in [2.05, 4.69) is 25.6 Å². The van der Waals surface area contributed by atoms with Gasteiger partial charge >= 0.3 is 0 Å². The number of rotatable bonds is 5. The van der Waals surface area contributed by atoms with Gasteiger partial charge in [0.15, 0.2) is 5.69 Å². The van der Waals surface area contributed by atoms with E-state index >= 15 is 0 Å². The molecule has 3 heterocycles. The van der Waals surface area contributed by atoms with Gasteiger partial charge in [-0.25, -0.2) is 9.97 Å². The first kappa shape index (κ1) is 17.0. The lowest BCUT2D eigenvalue weighted by Crippen LogP contribution is -2.23. The van der Waals surface area contributed by atoms with Crippen LogP contribution in [0.3, 0.4) is 0 Å². The third-order valence-corrected chi connectivity index (χ3v) is 3.42. The fraction of sp³-hybridized carbons (Fsp3) is 0.0556. The number of nitrogens with one attached hydrogen (secondary N) is 2. The van der Waals surface area contributed by atoms with Gasteiger partial charge in [0.05, 0.1) is 0 Å². The van der Waals surface area contributed by atoms with Crippen molar-refractivity contribution >= 4 is 17.6 Å². The molecule has 0 aliphatic heterocycles. The number of aromatic hydroxyl groups is 1. The van der Waals surface area contributed by atoms with Crippen molar-refractivity contribution in [2.75, 3.05) is 5.32 Å². The summed E-state index contributed by atoms with van der Waals surface area (Å²) in [4.78, 5) is 36.0. The molecule has 0 fully saturated rings. The van der Waals surface area contributed by atoms with Gasteiger partial charge in [0.2, 0.25) is 0 Å².